The van der Waals surface area contributed by atoms with E-state index in [2.05, 4.69) is 10.6 Å². The molecule has 9 nitrogen and oxygen atoms in total. The molecule has 26 heavy (non-hydrogen) atoms. The highest BCUT2D eigenvalue weighted by atomic mass is 16.5. The number of fused-ring (bicyclic) bond motifs is 1. The summed E-state index contributed by atoms with van der Waals surface area (Å²) in [5, 5.41) is 14.9. The van der Waals surface area contributed by atoms with E-state index in [0.29, 0.717) is 17.9 Å². The summed E-state index contributed by atoms with van der Waals surface area (Å²) < 4.78 is 4.76. The highest BCUT2D eigenvalue weighted by Gasteiger charge is 2.34. The van der Waals surface area contributed by atoms with Crippen molar-refractivity contribution in [3.8, 4) is 0 Å². The molecule has 1 aromatic rings. The van der Waals surface area contributed by atoms with Crippen molar-refractivity contribution in [3.05, 3.63) is 35.0 Å². The molecule has 138 valence electrons. The Morgan fingerprint density at radius 2 is 2.12 bits per heavy atom. The van der Waals surface area contributed by atoms with Crippen LogP contribution in [-0.4, -0.2) is 66.7 Å². The molecule has 0 saturated heterocycles. The second-order valence-corrected chi connectivity index (χ2v) is 6.08. The molecular weight excluding hydrogens is 340 g/mol. The molecular formula is C17H20N4O5. The number of anilines is 2. The SMILES string of the molecule is COC(=O)C1=C(Nc2ccc3c(c2)CN(C)C(=O)N3)C(=O)N(CCO)C1. The van der Waals surface area contributed by atoms with E-state index >= 15 is 0 Å². The van der Waals surface area contributed by atoms with Crippen LogP contribution in [0.4, 0.5) is 16.2 Å². The number of nitrogens with one attached hydrogen (secondary N) is 2. The van der Waals surface area contributed by atoms with E-state index in [1.807, 2.05) is 6.07 Å². The topological polar surface area (TPSA) is 111 Å². The minimum atomic E-state index is -0.591. The number of amides is 3. The van der Waals surface area contributed by atoms with Gasteiger partial charge in [0.15, 0.2) is 0 Å². The summed E-state index contributed by atoms with van der Waals surface area (Å²) in [5.74, 6) is -0.964. The van der Waals surface area contributed by atoms with E-state index in [1.165, 1.54) is 16.9 Å². The smallest absolute Gasteiger partial charge is 0.337 e. The van der Waals surface area contributed by atoms with Gasteiger partial charge in [0.2, 0.25) is 0 Å². The van der Waals surface area contributed by atoms with Crippen LogP contribution in [0.2, 0.25) is 0 Å². The number of hydrogen-bond acceptors (Lipinski definition) is 6. The van der Waals surface area contributed by atoms with Crippen LogP contribution in [0.25, 0.3) is 0 Å². The number of urea groups is 1. The van der Waals surface area contributed by atoms with Gasteiger partial charge in [-0.05, 0) is 23.8 Å². The van der Waals surface area contributed by atoms with Crippen molar-refractivity contribution in [2.45, 2.75) is 6.54 Å². The molecule has 1 aromatic carbocycles. The summed E-state index contributed by atoms with van der Waals surface area (Å²) >= 11 is 0. The second kappa shape index (κ2) is 7.04. The summed E-state index contributed by atoms with van der Waals surface area (Å²) in [6.45, 7) is 0.451. The van der Waals surface area contributed by atoms with Crippen LogP contribution in [0.5, 0.6) is 0 Å². The highest BCUT2D eigenvalue weighted by Crippen LogP contribution is 2.28. The Balaban J connectivity index is 1.88. The predicted molar refractivity (Wildman–Crippen MR) is 93.3 cm³/mol. The fraction of sp³-hybridized carbons (Fsp3) is 0.353. The number of esters is 1. The van der Waals surface area contributed by atoms with Gasteiger partial charge in [-0.1, -0.05) is 0 Å². The lowest BCUT2D eigenvalue weighted by molar-refractivity contribution is -0.136. The van der Waals surface area contributed by atoms with Gasteiger partial charge in [-0.3, -0.25) is 4.79 Å². The fourth-order valence-corrected chi connectivity index (χ4v) is 2.96. The zero-order chi connectivity index (χ0) is 18.8. The number of ether oxygens (including phenoxy) is 1. The summed E-state index contributed by atoms with van der Waals surface area (Å²) in [7, 11) is 2.94. The van der Waals surface area contributed by atoms with Gasteiger partial charge in [0.25, 0.3) is 5.91 Å². The van der Waals surface area contributed by atoms with Crippen molar-refractivity contribution in [2.24, 2.45) is 0 Å². The Kier molecular flexibility index (Phi) is 4.81. The quantitative estimate of drug-likeness (QED) is 0.653. The molecule has 2 aliphatic rings. The number of benzene rings is 1. The lowest BCUT2D eigenvalue weighted by atomic mass is 10.1. The lowest BCUT2D eigenvalue weighted by Crippen LogP contribution is -2.35. The molecule has 0 atom stereocenters. The van der Waals surface area contributed by atoms with Crippen LogP contribution in [0, 0.1) is 0 Å². The molecule has 0 radical (unpaired) electrons. The number of methoxy groups -OCH3 is 1. The van der Waals surface area contributed by atoms with Crippen molar-refractivity contribution in [2.75, 3.05) is 44.5 Å². The Hall–Kier alpha value is -3.07. The average Bonchev–Trinajstić information content (AvgIpc) is 2.92. The number of hydrogen-bond donors (Lipinski definition) is 3. The molecule has 2 aliphatic heterocycles. The standard InChI is InChI=1S/C17H20N4O5/c1-20-8-10-7-11(3-4-13(10)19-17(20)25)18-14-12(16(24)26-2)9-21(5-6-22)15(14)23/h3-4,7,18,22H,5-6,8-9H2,1-2H3,(H,19,25). The first-order valence-electron chi connectivity index (χ1n) is 8.08. The van der Waals surface area contributed by atoms with Gasteiger partial charge in [0.05, 0.1) is 25.8 Å². The Bertz CT molecular complexity index is 804. The van der Waals surface area contributed by atoms with Crippen LogP contribution in [0.3, 0.4) is 0 Å². The Morgan fingerprint density at radius 3 is 2.81 bits per heavy atom. The summed E-state index contributed by atoms with van der Waals surface area (Å²) in [5.41, 5.74) is 2.56. The van der Waals surface area contributed by atoms with Crippen molar-refractivity contribution in [1.82, 2.24) is 9.80 Å². The van der Waals surface area contributed by atoms with Crippen LogP contribution >= 0.6 is 0 Å². The maximum absolute atomic E-state index is 12.5. The molecule has 3 N–H and O–H groups in total. The van der Waals surface area contributed by atoms with Gasteiger partial charge in [0.1, 0.15) is 5.70 Å². The fourth-order valence-electron chi connectivity index (χ4n) is 2.96. The second-order valence-electron chi connectivity index (χ2n) is 6.08. The summed E-state index contributed by atoms with van der Waals surface area (Å²) in [6.07, 6.45) is 0. The predicted octanol–water partition coefficient (Wildman–Crippen LogP) is 0.337. The van der Waals surface area contributed by atoms with Crippen LogP contribution in [-0.2, 0) is 20.9 Å². The number of carbonyl (C=O) groups excluding carboxylic acids is 3. The highest BCUT2D eigenvalue weighted by molar-refractivity contribution is 6.08. The summed E-state index contributed by atoms with van der Waals surface area (Å²) in [4.78, 5) is 39.1. The lowest BCUT2D eigenvalue weighted by Gasteiger charge is -2.26. The van der Waals surface area contributed by atoms with Gasteiger partial charge in [-0.2, -0.15) is 0 Å². The monoisotopic (exact) mass is 360 g/mol. The van der Waals surface area contributed by atoms with E-state index in [0.717, 1.165) is 5.56 Å². The number of nitrogens with zero attached hydrogens (tertiary/aromatic N) is 2. The number of β-amino-alcohol motifs (C(OH)–C–C–N with tert-alkyl or cyclic N) is 1. The van der Waals surface area contributed by atoms with E-state index in [-0.39, 0.29) is 42.9 Å². The van der Waals surface area contributed by atoms with Crippen LogP contribution in [0.15, 0.2) is 29.5 Å². The average molecular weight is 360 g/mol. The molecule has 0 unspecified atom stereocenters. The minimum absolute atomic E-state index is 0.0815. The third-order valence-corrected chi connectivity index (χ3v) is 4.32. The van der Waals surface area contributed by atoms with Gasteiger partial charge >= 0.3 is 12.0 Å². The Morgan fingerprint density at radius 1 is 1.35 bits per heavy atom. The first-order valence-corrected chi connectivity index (χ1v) is 8.08. The number of aliphatic hydroxyl groups excluding tert-OH is 1. The first-order chi connectivity index (χ1) is 12.4. The first kappa shape index (κ1) is 17.7. The van der Waals surface area contributed by atoms with Gasteiger partial charge in [0, 0.05) is 31.5 Å². The van der Waals surface area contributed by atoms with Crippen molar-refractivity contribution in [1.29, 1.82) is 0 Å². The molecule has 9 heteroatoms. The molecule has 0 bridgehead atoms. The van der Waals surface area contributed by atoms with Gasteiger partial charge < -0.3 is 30.3 Å². The Labute approximate surface area is 150 Å². The maximum atomic E-state index is 12.5. The molecule has 0 spiro atoms. The van der Waals surface area contributed by atoms with Crippen molar-refractivity contribution < 1.29 is 24.2 Å². The minimum Gasteiger partial charge on any atom is -0.466 e. The van der Waals surface area contributed by atoms with E-state index in [9.17, 15) is 14.4 Å². The summed E-state index contributed by atoms with van der Waals surface area (Å²) in [6, 6.07) is 5.09. The molecule has 3 rings (SSSR count). The maximum Gasteiger partial charge on any atom is 0.337 e. The number of aliphatic hydroxyl groups is 1. The van der Waals surface area contributed by atoms with Crippen molar-refractivity contribution >= 4 is 29.3 Å². The van der Waals surface area contributed by atoms with Crippen molar-refractivity contribution in [3.63, 3.8) is 0 Å². The molecule has 0 aromatic heterocycles. The molecule has 0 fully saturated rings. The normalized spacial score (nSPS) is 16.6. The molecule has 3 amide bonds. The molecule has 2 heterocycles. The van der Waals surface area contributed by atoms with E-state index in [1.54, 1.807) is 19.2 Å². The molecule has 0 saturated carbocycles. The van der Waals surface area contributed by atoms with Gasteiger partial charge in [-0.25, -0.2) is 9.59 Å². The largest absolute Gasteiger partial charge is 0.466 e. The van der Waals surface area contributed by atoms with Crippen LogP contribution in [0.1, 0.15) is 5.56 Å². The van der Waals surface area contributed by atoms with Gasteiger partial charge in [-0.15, -0.1) is 0 Å². The third kappa shape index (κ3) is 3.21. The number of carbonyl (C=O) groups is 3. The van der Waals surface area contributed by atoms with Crippen LogP contribution < -0.4 is 10.6 Å². The van der Waals surface area contributed by atoms with E-state index < -0.39 is 5.97 Å². The zero-order valence-electron chi connectivity index (χ0n) is 14.5. The zero-order valence-corrected chi connectivity index (χ0v) is 14.5. The number of rotatable bonds is 5. The van der Waals surface area contributed by atoms with E-state index in [4.69, 9.17) is 9.84 Å². The third-order valence-electron chi connectivity index (χ3n) is 4.32. The molecule has 0 aliphatic carbocycles.